The topological polar surface area (TPSA) is 70.2 Å². The van der Waals surface area contributed by atoms with Crippen LogP contribution in [-0.4, -0.2) is 27.1 Å². The van der Waals surface area contributed by atoms with Gasteiger partial charge in [0.1, 0.15) is 12.1 Å². The summed E-state index contributed by atoms with van der Waals surface area (Å²) >= 11 is 0. The summed E-state index contributed by atoms with van der Waals surface area (Å²) in [5, 5.41) is 0. The number of hydrogen-bond acceptors (Lipinski definition) is 5. The second-order valence-electron chi connectivity index (χ2n) is 3.70. The molecule has 0 spiro atoms. The van der Waals surface area contributed by atoms with Gasteiger partial charge >= 0.3 is 12.0 Å². The first-order chi connectivity index (χ1) is 8.76. The van der Waals surface area contributed by atoms with Crippen molar-refractivity contribution in [2.24, 2.45) is 0 Å². The molecule has 0 saturated carbocycles. The fraction of sp³-hybridized carbons (Fsp3) is 0.417. The lowest BCUT2D eigenvalue weighted by atomic mass is 10.3. The minimum absolute atomic E-state index is 0.169. The number of carbonyl (C=O) groups excluding carboxylic acids is 1. The molecule has 6 nitrogen and oxygen atoms in total. The molecule has 6 heteroatoms. The third-order valence-corrected chi connectivity index (χ3v) is 2.37. The van der Waals surface area contributed by atoms with E-state index < -0.39 is 5.97 Å². The molecule has 2 heterocycles. The van der Waals surface area contributed by atoms with Gasteiger partial charge in [-0.05, 0) is 13.3 Å². The number of esters is 1. The highest BCUT2D eigenvalue weighted by Gasteiger charge is 2.15. The molecule has 0 bridgehead atoms. The van der Waals surface area contributed by atoms with E-state index in [-0.39, 0.29) is 5.69 Å². The highest BCUT2D eigenvalue weighted by Crippen LogP contribution is 2.12. The number of ether oxygens (including phenoxy) is 1. The summed E-state index contributed by atoms with van der Waals surface area (Å²) in [4.78, 5) is 19.8. The maximum Gasteiger partial charge on any atom is 0.360 e. The molecular weight excluding hydrogens is 234 g/mol. The van der Waals surface area contributed by atoms with Crippen LogP contribution in [0.4, 0.5) is 0 Å². The number of nitrogens with zero attached hydrogens (tertiary/aromatic N) is 3. The summed E-state index contributed by atoms with van der Waals surface area (Å²) in [6.07, 6.45) is 6.53. The Hall–Kier alpha value is -2.11. The van der Waals surface area contributed by atoms with Gasteiger partial charge in [-0.2, -0.15) is 4.98 Å². The van der Waals surface area contributed by atoms with Crippen LogP contribution in [0, 0.1) is 0 Å². The summed E-state index contributed by atoms with van der Waals surface area (Å²) in [5.41, 5.74) is 0.169. The van der Waals surface area contributed by atoms with Gasteiger partial charge in [0.15, 0.2) is 5.69 Å². The quantitative estimate of drug-likeness (QED) is 0.758. The van der Waals surface area contributed by atoms with Crippen LogP contribution in [0.3, 0.4) is 0 Å². The molecule has 2 aromatic rings. The maximum absolute atomic E-state index is 11.5. The Kier molecular flexibility index (Phi) is 3.76. The van der Waals surface area contributed by atoms with Gasteiger partial charge in [-0.3, -0.25) is 4.57 Å². The van der Waals surface area contributed by atoms with E-state index in [4.69, 9.17) is 9.15 Å². The van der Waals surface area contributed by atoms with Crippen LogP contribution in [0.2, 0.25) is 0 Å². The molecule has 2 aromatic heterocycles. The van der Waals surface area contributed by atoms with E-state index in [1.54, 1.807) is 23.9 Å². The van der Waals surface area contributed by atoms with Gasteiger partial charge in [-0.1, -0.05) is 6.92 Å². The predicted molar refractivity (Wildman–Crippen MR) is 63.6 cm³/mol. The van der Waals surface area contributed by atoms with Crippen molar-refractivity contribution in [3.8, 4) is 6.01 Å². The van der Waals surface area contributed by atoms with Gasteiger partial charge in [0.25, 0.3) is 0 Å². The van der Waals surface area contributed by atoms with E-state index in [0.717, 1.165) is 18.7 Å². The van der Waals surface area contributed by atoms with Gasteiger partial charge < -0.3 is 9.15 Å². The monoisotopic (exact) mass is 249 g/mol. The van der Waals surface area contributed by atoms with Crippen LogP contribution in [0.1, 0.15) is 36.6 Å². The maximum atomic E-state index is 11.5. The van der Waals surface area contributed by atoms with Crippen molar-refractivity contribution in [2.45, 2.75) is 26.7 Å². The lowest BCUT2D eigenvalue weighted by molar-refractivity contribution is 0.0519. The molecule has 0 saturated heterocycles. The fourth-order valence-corrected chi connectivity index (χ4v) is 1.59. The molecule has 0 aromatic carbocycles. The number of imidazole rings is 1. The van der Waals surface area contributed by atoms with Gasteiger partial charge in [-0.15, -0.1) is 0 Å². The van der Waals surface area contributed by atoms with E-state index in [9.17, 15) is 4.79 Å². The summed E-state index contributed by atoms with van der Waals surface area (Å²) < 4.78 is 11.9. The van der Waals surface area contributed by atoms with Crippen molar-refractivity contribution >= 4 is 5.97 Å². The summed E-state index contributed by atoms with van der Waals surface area (Å²) in [7, 11) is 0. The second-order valence-corrected chi connectivity index (χ2v) is 3.70. The van der Waals surface area contributed by atoms with Crippen LogP contribution in [0.5, 0.6) is 0 Å². The minimum Gasteiger partial charge on any atom is -0.461 e. The Labute approximate surface area is 105 Å². The zero-order valence-corrected chi connectivity index (χ0v) is 10.4. The fourth-order valence-electron chi connectivity index (χ4n) is 1.59. The van der Waals surface area contributed by atoms with Crippen molar-refractivity contribution in [3.63, 3.8) is 0 Å². The van der Waals surface area contributed by atoms with Crippen LogP contribution < -0.4 is 0 Å². The zero-order valence-electron chi connectivity index (χ0n) is 10.4. The van der Waals surface area contributed by atoms with E-state index in [1.165, 1.54) is 6.26 Å². The predicted octanol–water partition coefficient (Wildman–Crippen LogP) is 1.99. The molecular formula is C12H15N3O3. The van der Waals surface area contributed by atoms with Crippen molar-refractivity contribution in [1.82, 2.24) is 14.5 Å². The first-order valence-corrected chi connectivity index (χ1v) is 5.91. The first kappa shape index (κ1) is 12.3. The normalized spacial score (nSPS) is 10.6. The van der Waals surface area contributed by atoms with Crippen LogP contribution in [-0.2, 0) is 11.2 Å². The molecule has 0 N–H and O–H groups in total. The van der Waals surface area contributed by atoms with Gasteiger partial charge in [0, 0.05) is 18.8 Å². The standard InChI is InChI=1S/C12H15N3O3/c1-3-5-10-13-6-7-15(10)12-14-9(8-18-12)11(16)17-4-2/h6-8H,3-5H2,1-2H3. The van der Waals surface area contributed by atoms with Gasteiger partial charge in [-0.25, -0.2) is 9.78 Å². The largest absolute Gasteiger partial charge is 0.461 e. The van der Waals surface area contributed by atoms with Crippen LogP contribution in [0.15, 0.2) is 23.1 Å². The van der Waals surface area contributed by atoms with E-state index in [1.807, 2.05) is 0 Å². The lowest BCUT2D eigenvalue weighted by Crippen LogP contribution is -2.06. The molecule has 18 heavy (non-hydrogen) atoms. The highest BCUT2D eigenvalue weighted by molar-refractivity contribution is 5.86. The number of carbonyl (C=O) groups is 1. The molecule has 0 fully saturated rings. The van der Waals surface area contributed by atoms with Crippen LogP contribution in [0.25, 0.3) is 6.01 Å². The Morgan fingerprint density at radius 1 is 1.50 bits per heavy atom. The molecule has 0 radical (unpaired) electrons. The lowest BCUT2D eigenvalue weighted by Gasteiger charge is -2.00. The highest BCUT2D eigenvalue weighted by atomic mass is 16.5. The smallest absolute Gasteiger partial charge is 0.360 e. The Bertz CT molecular complexity index is 530. The summed E-state index contributed by atoms with van der Waals surface area (Å²) in [6, 6.07) is 0.332. The summed E-state index contributed by atoms with van der Waals surface area (Å²) in [6.45, 7) is 4.12. The molecule has 0 unspecified atom stereocenters. The number of hydrogen-bond donors (Lipinski definition) is 0. The number of oxazole rings is 1. The summed E-state index contributed by atoms with van der Waals surface area (Å²) in [5.74, 6) is 0.374. The third-order valence-electron chi connectivity index (χ3n) is 2.37. The van der Waals surface area contributed by atoms with E-state index in [2.05, 4.69) is 16.9 Å². The average molecular weight is 249 g/mol. The molecule has 0 aliphatic carbocycles. The average Bonchev–Trinajstić information content (AvgIpc) is 2.97. The molecule has 0 aliphatic rings. The zero-order chi connectivity index (χ0) is 13.0. The van der Waals surface area contributed by atoms with E-state index >= 15 is 0 Å². The Balaban J connectivity index is 2.23. The third kappa shape index (κ3) is 2.42. The van der Waals surface area contributed by atoms with E-state index in [0.29, 0.717) is 12.6 Å². The number of aryl methyl sites for hydroxylation is 1. The van der Waals surface area contributed by atoms with Gasteiger partial charge in [0.05, 0.1) is 6.61 Å². The first-order valence-electron chi connectivity index (χ1n) is 5.91. The molecule has 96 valence electrons. The van der Waals surface area contributed by atoms with Gasteiger partial charge in [0.2, 0.25) is 0 Å². The van der Waals surface area contributed by atoms with Crippen LogP contribution >= 0.6 is 0 Å². The number of aromatic nitrogens is 3. The second kappa shape index (κ2) is 5.48. The van der Waals surface area contributed by atoms with Crippen molar-refractivity contribution in [2.75, 3.05) is 6.61 Å². The van der Waals surface area contributed by atoms with Crippen molar-refractivity contribution < 1.29 is 13.9 Å². The minimum atomic E-state index is -0.482. The molecule has 0 aliphatic heterocycles. The number of rotatable bonds is 5. The van der Waals surface area contributed by atoms with Crippen molar-refractivity contribution in [3.05, 3.63) is 30.2 Å². The SMILES string of the molecule is CCCc1nccn1-c1nc(C(=O)OCC)co1. The Morgan fingerprint density at radius 2 is 2.33 bits per heavy atom. The Morgan fingerprint density at radius 3 is 3.06 bits per heavy atom. The molecule has 2 rings (SSSR count). The molecule has 0 amide bonds. The molecule has 0 atom stereocenters. The van der Waals surface area contributed by atoms with Crippen molar-refractivity contribution in [1.29, 1.82) is 0 Å².